The number of hydrogen-bond donors (Lipinski definition) is 2. The van der Waals surface area contributed by atoms with E-state index in [1.165, 1.54) is 0 Å². The predicted molar refractivity (Wildman–Crippen MR) is 70.2 cm³/mol. The zero-order chi connectivity index (χ0) is 13.8. The lowest BCUT2D eigenvalue weighted by Gasteiger charge is -2.20. The SMILES string of the molecule is CC(CC(N)=O)NC(c1ccco1)c1nccn1C. The Labute approximate surface area is 111 Å². The summed E-state index contributed by atoms with van der Waals surface area (Å²) in [5, 5.41) is 3.32. The third-order valence-electron chi connectivity index (χ3n) is 2.90. The van der Waals surface area contributed by atoms with Gasteiger partial charge < -0.3 is 14.7 Å². The third-order valence-corrected chi connectivity index (χ3v) is 2.90. The highest BCUT2D eigenvalue weighted by atomic mass is 16.3. The highest BCUT2D eigenvalue weighted by Crippen LogP contribution is 2.21. The second kappa shape index (κ2) is 5.71. The van der Waals surface area contributed by atoms with Crippen LogP contribution >= 0.6 is 0 Å². The van der Waals surface area contributed by atoms with E-state index in [-0.39, 0.29) is 24.4 Å². The fraction of sp³-hybridized carbons (Fsp3) is 0.385. The molecule has 3 N–H and O–H groups in total. The number of amides is 1. The van der Waals surface area contributed by atoms with Crippen molar-refractivity contribution in [1.82, 2.24) is 14.9 Å². The van der Waals surface area contributed by atoms with Crippen molar-refractivity contribution in [2.45, 2.75) is 25.4 Å². The highest BCUT2D eigenvalue weighted by Gasteiger charge is 2.23. The molecule has 0 aliphatic rings. The molecule has 2 rings (SSSR count). The predicted octanol–water partition coefficient (Wildman–Crippen LogP) is 0.956. The van der Waals surface area contributed by atoms with Crippen molar-refractivity contribution in [3.05, 3.63) is 42.4 Å². The van der Waals surface area contributed by atoms with Crippen molar-refractivity contribution in [1.29, 1.82) is 0 Å². The number of aryl methyl sites for hydroxylation is 1. The van der Waals surface area contributed by atoms with Crippen LogP contribution in [0.2, 0.25) is 0 Å². The lowest BCUT2D eigenvalue weighted by molar-refractivity contribution is -0.118. The van der Waals surface area contributed by atoms with Crippen molar-refractivity contribution < 1.29 is 9.21 Å². The van der Waals surface area contributed by atoms with Crippen LogP contribution in [0.25, 0.3) is 0 Å². The summed E-state index contributed by atoms with van der Waals surface area (Å²) < 4.78 is 7.36. The average molecular weight is 262 g/mol. The number of aromatic nitrogens is 2. The summed E-state index contributed by atoms with van der Waals surface area (Å²) in [7, 11) is 1.92. The van der Waals surface area contributed by atoms with Gasteiger partial charge in [0.1, 0.15) is 17.6 Å². The summed E-state index contributed by atoms with van der Waals surface area (Å²) in [5.41, 5.74) is 5.21. The number of nitrogens with one attached hydrogen (secondary N) is 1. The van der Waals surface area contributed by atoms with Gasteiger partial charge in [-0.3, -0.25) is 10.1 Å². The molecule has 2 atom stereocenters. The summed E-state index contributed by atoms with van der Waals surface area (Å²) in [6.07, 6.45) is 5.48. The summed E-state index contributed by atoms with van der Waals surface area (Å²) >= 11 is 0. The fourth-order valence-corrected chi connectivity index (χ4v) is 2.04. The number of hydrogen-bond acceptors (Lipinski definition) is 4. The molecule has 0 saturated heterocycles. The molecule has 0 aromatic carbocycles. The minimum Gasteiger partial charge on any atom is -0.467 e. The first-order chi connectivity index (χ1) is 9.08. The molecule has 2 heterocycles. The van der Waals surface area contributed by atoms with E-state index in [1.54, 1.807) is 12.5 Å². The second-order valence-electron chi connectivity index (χ2n) is 4.58. The maximum Gasteiger partial charge on any atom is 0.218 e. The number of primary amides is 1. The van der Waals surface area contributed by atoms with Crippen molar-refractivity contribution in [2.75, 3.05) is 0 Å². The van der Waals surface area contributed by atoms with Crippen LogP contribution in [0.1, 0.15) is 31.0 Å². The second-order valence-corrected chi connectivity index (χ2v) is 4.58. The van der Waals surface area contributed by atoms with Crippen LogP contribution in [0.4, 0.5) is 0 Å². The Balaban J connectivity index is 2.21. The summed E-state index contributed by atoms with van der Waals surface area (Å²) in [6, 6.07) is 3.43. The molecule has 2 aromatic heterocycles. The molecule has 6 nitrogen and oxygen atoms in total. The van der Waals surface area contributed by atoms with Crippen LogP contribution in [-0.2, 0) is 11.8 Å². The standard InChI is InChI=1S/C13H18N4O2/c1-9(8-11(14)18)16-12(10-4-3-7-19-10)13-15-5-6-17(13)2/h3-7,9,12,16H,8H2,1-2H3,(H2,14,18). The quantitative estimate of drug-likeness (QED) is 0.811. The van der Waals surface area contributed by atoms with Crippen LogP contribution in [0, 0.1) is 0 Å². The molecule has 2 unspecified atom stereocenters. The first kappa shape index (κ1) is 13.4. The maximum atomic E-state index is 11.0. The Morgan fingerprint density at radius 3 is 2.95 bits per heavy atom. The molecule has 2 aromatic rings. The van der Waals surface area contributed by atoms with E-state index in [0.29, 0.717) is 0 Å². The minimum atomic E-state index is -0.335. The number of rotatable bonds is 6. The molecule has 0 fully saturated rings. The van der Waals surface area contributed by atoms with Gasteiger partial charge in [-0.25, -0.2) is 4.98 Å². The molecule has 19 heavy (non-hydrogen) atoms. The molecule has 0 aliphatic carbocycles. The van der Waals surface area contributed by atoms with Crippen LogP contribution < -0.4 is 11.1 Å². The van der Waals surface area contributed by atoms with Gasteiger partial charge >= 0.3 is 0 Å². The molecule has 0 radical (unpaired) electrons. The van der Waals surface area contributed by atoms with E-state index in [0.717, 1.165) is 11.6 Å². The van der Waals surface area contributed by atoms with E-state index in [2.05, 4.69) is 10.3 Å². The molecule has 102 valence electrons. The Morgan fingerprint density at radius 2 is 2.42 bits per heavy atom. The minimum absolute atomic E-state index is 0.0655. The van der Waals surface area contributed by atoms with Crippen LogP contribution in [0.15, 0.2) is 35.2 Å². The van der Waals surface area contributed by atoms with Crippen molar-refractivity contribution >= 4 is 5.91 Å². The van der Waals surface area contributed by atoms with Crippen molar-refractivity contribution in [3.63, 3.8) is 0 Å². The molecule has 0 spiro atoms. The van der Waals surface area contributed by atoms with Gasteiger partial charge in [-0.15, -0.1) is 0 Å². The Hall–Kier alpha value is -2.08. The van der Waals surface area contributed by atoms with E-state index in [1.807, 2.05) is 36.9 Å². The average Bonchev–Trinajstić information content (AvgIpc) is 2.96. The Bertz CT molecular complexity index is 533. The van der Waals surface area contributed by atoms with Crippen LogP contribution in [0.5, 0.6) is 0 Å². The lowest BCUT2D eigenvalue weighted by Crippen LogP contribution is -2.35. The number of furan rings is 1. The monoisotopic (exact) mass is 262 g/mol. The molecular weight excluding hydrogens is 244 g/mol. The van der Waals surface area contributed by atoms with E-state index in [9.17, 15) is 4.79 Å². The summed E-state index contributed by atoms with van der Waals surface area (Å²) in [6.45, 7) is 1.91. The molecule has 1 amide bonds. The Kier molecular flexibility index (Phi) is 4.01. The zero-order valence-corrected chi connectivity index (χ0v) is 11.0. The molecule has 0 aliphatic heterocycles. The van der Waals surface area contributed by atoms with E-state index < -0.39 is 0 Å². The number of nitrogens with zero attached hydrogens (tertiary/aromatic N) is 2. The number of carbonyl (C=O) groups excluding carboxylic acids is 1. The fourth-order valence-electron chi connectivity index (χ4n) is 2.04. The van der Waals surface area contributed by atoms with Gasteiger partial charge in [-0.1, -0.05) is 0 Å². The van der Waals surface area contributed by atoms with Gasteiger partial charge in [0.05, 0.1) is 6.26 Å². The van der Waals surface area contributed by atoms with E-state index in [4.69, 9.17) is 10.2 Å². The van der Waals surface area contributed by atoms with Crippen LogP contribution in [-0.4, -0.2) is 21.5 Å². The van der Waals surface area contributed by atoms with Gasteiger partial charge in [0.25, 0.3) is 0 Å². The van der Waals surface area contributed by atoms with Gasteiger partial charge in [-0.05, 0) is 19.1 Å². The molecule has 0 saturated carbocycles. The number of nitrogens with two attached hydrogens (primary N) is 1. The lowest BCUT2D eigenvalue weighted by atomic mass is 10.1. The highest BCUT2D eigenvalue weighted by molar-refractivity contribution is 5.74. The molecule has 0 bridgehead atoms. The van der Waals surface area contributed by atoms with Gasteiger partial charge in [0.2, 0.25) is 5.91 Å². The first-order valence-electron chi connectivity index (χ1n) is 6.13. The number of carbonyl (C=O) groups is 1. The van der Waals surface area contributed by atoms with Gasteiger partial charge in [0, 0.05) is 31.9 Å². The first-order valence-corrected chi connectivity index (χ1v) is 6.13. The normalized spacial score (nSPS) is 14.2. The third kappa shape index (κ3) is 3.23. The number of imidazole rings is 1. The van der Waals surface area contributed by atoms with Gasteiger partial charge in [0.15, 0.2) is 0 Å². The zero-order valence-electron chi connectivity index (χ0n) is 11.0. The van der Waals surface area contributed by atoms with Crippen molar-refractivity contribution in [3.8, 4) is 0 Å². The van der Waals surface area contributed by atoms with Crippen molar-refractivity contribution in [2.24, 2.45) is 12.8 Å². The molecule has 6 heteroatoms. The molecular formula is C13H18N4O2. The van der Waals surface area contributed by atoms with Crippen LogP contribution in [0.3, 0.4) is 0 Å². The maximum absolute atomic E-state index is 11.0. The smallest absolute Gasteiger partial charge is 0.218 e. The topological polar surface area (TPSA) is 86.1 Å². The van der Waals surface area contributed by atoms with Gasteiger partial charge in [-0.2, -0.15) is 0 Å². The largest absolute Gasteiger partial charge is 0.467 e. The summed E-state index contributed by atoms with van der Waals surface area (Å²) in [4.78, 5) is 15.3. The Morgan fingerprint density at radius 1 is 1.63 bits per heavy atom. The summed E-state index contributed by atoms with van der Waals surface area (Å²) in [5.74, 6) is 1.25. The van der Waals surface area contributed by atoms with E-state index >= 15 is 0 Å².